The Morgan fingerprint density at radius 3 is 2.37 bits per heavy atom. The van der Waals surface area contributed by atoms with E-state index in [-0.39, 0.29) is 30.7 Å². The van der Waals surface area contributed by atoms with Crippen LogP contribution in [0.2, 0.25) is 0 Å². The number of nitrogens with one attached hydrogen (secondary N) is 1. The molecule has 0 fully saturated rings. The Morgan fingerprint density at radius 2 is 1.87 bits per heavy atom. The standard InChI is InChI=1S/C20H28F2N2O5S/c1-7-29-16(25)20(21,22)19(23-30(28)17(2,3)4)11-10-18(5,6)14-9-8-13(24(26)27)12-15(14)19/h8-9,12,23H,7,10-11H2,1-6H3/t19-,30-/m1/s1. The van der Waals surface area contributed by atoms with Crippen molar-refractivity contribution in [2.75, 3.05) is 6.61 Å². The summed E-state index contributed by atoms with van der Waals surface area (Å²) in [7, 11) is -2.00. The number of esters is 1. The Hall–Kier alpha value is -1.94. The van der Waals surface area contributed by atoms with E-state index >= 15 is 8.78 Å². The van der Waals surface area contributed by atoms with E-state index in [0.29, 0.717) is 5.56 Å². The van der Waals surface area contributed by atoms with Gasteiger partial charge in [0.05, 0.1) is 27.3 Å². The van der Waals surface area contributed by atoms with Gasteiger partial charge >= 0.3 is 11.9 Å². The maximum atomic E-state index is 15.7. The number of carbonyl (C=O) groups is 1. The van der Waals surface area contributed by atoms with Crippen LogP contribution in [0.4, 0.5) is 14.5 Å². The molecule has 0 heterocycles. The van der Waals surface area contributed by atoms with Crippen molar-refractivity contribution in [2.45, 2.75) is 76.0 Å². The van der Waals surface area contributed by atoms with Gasteiger partial charge in [-0.25, -0.2) is 13.7 Å². The molecule has 0 saturated heterocycles. The molecule has 1 aromatic rings. The summed E-state index contributed by atoms with van der Waals surface area (Å²) in [6.07, 6.45) is -0.0249. The Labute approximate surface area is 177 Å². The summed E-state index contributed by atoms with van der Waals surface area (Å²) in [6, 6.07) is 3.74. The van der Waals surface area contributed by atoms with E-state index in [2.05, 4.69) is 9.46 Å². The first-order valence-electron chi connectivity index (χ1n) is 9.64. The van der Waals surface area contributed by atoms with Crippen LogP contribution in [-0.4, -0.2) is 32.4 Å². The van der Waals surface area contributed by atoms with Gasteiger partial charge in [0.25, 0.3) is 5.69 Å². The van der Waals surface area contributed by atoms with Gasteiger partial charge in [0.2, 0.25) is 0 Å². The zero-order valence-corrected chi connectivity index (χ0v) is 18.8. The van der Waals surface area contributed by atoms with E-state index < -0.39 is 43.5 Å². The number of nitro groups is 1. The number of nitrogens with zero attached hydrogens (tertiary/aromatic N) is 1. The van der Waals surface area contributed by atoms with Crippen LogP contribution >= 0.6 is 0 Å². The number of halogens is 2. The molecule has 1 N–H and O–H groups in total. The van der Waals surface area contributed by atoms with E-state index in [1.807, 2.05) is 13.8 Å². The van der Waals surface area contributed by atoms with Crippen molar-refractivity contribution in [1.29, 1.82) is 0 Å². The Bertz CT molecular complexity index is 882. The number of hydrogen-bond donors (Lipinski definition) is 1. The molecule has 0 bridgehead atoms. The highest BCUT2D eigenvalue weighted by molar-refractivity contribution is 7.84. The van der Waals surface area contributed by atoms with Gasteiger partial charge in [0.1, 0.15) is 5.54 Å². The quantitative estimate of drug-likeness (QED) is 0.403. The molecule has 1 aliphatic rings. The first-order chi connectivity index (χ1) is 13.6. The molecule has 10 heteroatoms. The molecule has 2 atom stereocenters. The molecule has 2 rings (SSSR count). The first kappa shape index (κ1) is 24.3. The first-order valence-corrected chi connectivity index (χ1v) is 10.8. The summed E-state index contributed by atoms with van der Waals surface area (Å²) in [4.78, 5) is 23.0. The molecule has 0 amide bonds. The fourth-order valence-corrected chi connectivity index (χ4v) is 4.52. The minimum Gasteiger partial charge on any atom is -0.461 e. The van der Waals surface area contributed by atoms with Gasteiger partial charge in [-0.05, 0) is 57.1 Å². The SMILES string of the molecule is CCOC(=O)C(F)(F)[C@@]1(N[S@](=O)C(C)(C)C)CCC(C)(C)c2ccc([N+](=O)[O-])cc21. The third-order valence-electron chi connectivity index (χ3n) is 5.42. The second kappa shape index (κ2) is 7.96. The van der Waals surface area contributed by atoms with Crippen molar-refractivity contribution in [3.05, 3.63) is 39.4 Å². The number of non-ortho nitro benzene ring substituents is 1. The lowest BCUT2D eigenvalue weighted by atomic mass is 9.63. The summed E-state index contributed by atoms with van der Waals surface area (Å²) in [5.41, 5.74) is -3.07. The van der Waals surface area contributed by atoms with Crippen LogP contribution in [0.3, 0.4) is 0 Å². The fraction of sp³-hybridized carbons (Fsp3) is 0.650. The van der Waals surface area contributed by atoms with Crippen molar-refractivity contribution in [3.8, 4) is 0 Å². The third kappa shape index (κ3) is 4.12. The summed E-state index contributed by atoms with van der Waals surface area (Å²) < 4.78 is 50.6. The van der Waals surface area contributed by atoms with Crippen LogP contribution in [0.15, 0.2) is 18.2 Å². The molecule has 0 saturated carbocycles. The van der Waals surface area contributed by atoms with Gasteiger partial charge in [-0.2, -0.15) is 8.78 Å². The van der Waals surface area contributed by atoms with Gasteiger partial charge in [0.15, 0.2) is 0 Å². The predicted molar refractivity (Wildman–Crippen MR) is 110 cm³/mol. The van der Waals surface area contributed by atoms with Gasteiger partial charge in [-0.1, -0.05) is 19.9 Å². The van der Waals surface area contributed by atoms with E-state index in [0.717, 1.165) is 6.07 Å². The second-order valence-corrected chi connectivity index (χ2v) is 11.0. The summed E-state index contributed by atoms with van der Waals surface area (Å²) in [5.74, 6) is -5.88. The minimum absolute atomic E-state index is 0.108. The van der Waals surface area contributed by atoms with Crippen LogP contribution in [0.1, 0.15) is 65.5 Å². The van der Waals surface area contributed by atoms with Gasteiger partial charge in [0, 0.05) is 12.1 Å². The Kier molecular flexibility index (Phi) is 6.45. The number of carbonyl (C=O) groups excluding carboxylic acids is 1. The van der Waals surface area contributed by atoms with E-state index in [1.165, 1.54) is 19.1 Å². The molecule has 1 aromatic carbocycles. The number of rotatable bonds is 6. The van der Waals surface area contributed by atoms with Crippen LogP contribution in [0, 0.1) is 10.1 Å². The van der Waals surface area contributed by atoms with Crippen LogP contribution < -0.4 is 4.72 Å². The van der Waals surface area contributed by atoms with Crippen LogP contribution in [0.25, 0.3) is 0 Å². The number of hydrogen-bond acceptors (Lipinski definition) is 5. The Morgan fingerprint density at radius 1 is 1.27 bits per heavy atom. The smallest absolute Gasteiger partial charge is 0.379 e. The topological polar surface area (TPSA) is 98.5 Å². The highest BCUT2D eigenvalue weighted by Gasteiger charge is 2.65. The molecule has 1 aliphatic carbocycles. The zero-order valence-electron chi connectivity index (χ0n) is 18.0. The highest BCUT2D eigenvalue weighted by Crippen LogP contribution is 2.53. The molecule has 7 nitrogen and oxygen atoms in total. The van der Waals surface area contributed by atoms with Crippen molar-refractivity contribution in [2.24, 2.45) is 0 Å². The monoisotopic (exact) mass is 446 g/mol. The Balaban J connectivity index is 2.86. The largest absolute Gasteiger partial charge is 0.461 e. The number of nitro benzene ring substituents is 1. The normalized spacial score (nSPS) is 22.1. The van der Waals surface area contributed by atoms with Crippen molar-refractivity contribution in [3.63, 3.8) is 0 Å². The lowest BCUT2D eigenvalue weighted by Crippen LogP contribution is -2.64. The average Bonchev–Trinajstić information content (AvgIpc) is 2.63. The number of benzene rings is 1. The van der Waals surface area contributed by atoms with Crippen molar-refractivity contribution < 1.29 is 27.4 Å². The average molecular weight is 447 g/mol. The number of alkyl halides is 2. The molecule has 0 radical (unpaired) electrons. The zero-order chi connectivity index (χ0) is 23.1. The molecule has 0 aliphatic heterocycles. The summed E-state index contributed by atoms with van der Waals surface area (Å²) >= 11 is 0. The van der Waals surface area contributed by atoms with Crippen LogP contribution in [0.5, 0.6) is 0 Å². The molecule has 168 valence electrons. The predicted octanol–water partition coefficient (Wildman–Crippen LogP) is 4.11. The van der Waals surface area contributed by atoms with Crippen molar-refractivity contribution in [1.82, 2.24) is 4.72 Å². The summed E-state index contributed by atoms with van der Waals surface area (Å²) in [5, 5.41) is 11.4. The second-order valence-electron chi connectivity index (χ2n) is 9.05. The van der Waals surface area contributed by atoms with Gasteiger partial charge < -0.3 is 4.74 Å². The van der Waals surface area contributed by atoms with E-state index in [1.54, 1.807) is 20.8 Å². The highest BCUT2D eigenvalue weighted by atomic mass is 32.2. The van der Waals surface area contributed by atoms with Crippen LogP contribution in [-0.2, 0) is 31.5 Å². The molecular weight excluding hydrogens is 418 g/mol. The summed E-state index contributed by atoms with van der Waals surface area (Å²) in [6.45, 7) is 9.63. The number of ether oxygens (including phenoxy) is 1. The lowest BCUT2D eigenvalue weighted by Gasteiger charge is -2.48. The third-order valence-corrected chi connectivity index (χ3v) is 7.07. The van der Waals surface area contributed by atoms with E-state index in [4.69, 9.17) is 0 Å². The number of fused-ring (bicyclic) bond motifs is 1. The van der Waals surface area contributed by atoms with Gasteiger partial charge in [-0.15, -0.1) is 0 Å². The molecule has 30 heavy (non-hydrogen) atoms. The lowest BCUT2D eigenvalue weighted by molar-refractivity contribution is -0.385. The maximum Gasteiger partial charge on any atom is 0.379 e. The van der Waals surface area contributed by atoms with Crippen molar-refractivity contribution >= 4 is 22.6 Å². The molecule has 0 aromatic heterocycles. The molecule has 0 unspecified atom stereocenters. The fourth-order valence-electron chi connectivity index (χ4n) is 3.56. The van der Waals surface area contributed by atoms with Gasteiger partial charge in [-0.3, -0.25) is 10.1 Å². The molecule has 0 spiro atoms. The maximum absolute atomic E-state index is 15.7. The minimum atomic E-state index is -4.12. The molecular formula is C20H28F2N2O5S. The van der Waals surface area contributed by atoms with E-state index in [9.17, 15) is 19.1 Å².